The van der Waals surface area contributed by atoms with Crippen LogP contribution in [0.25, 0.3) is 10.9 Å². The van der Waals surface area contributed by atoms with Gasteiger partial charge in [0.1, 0.15) is 5.75 Å². The van der Waals surface area contributed by atoms with Gasteiger partial charge in [0.15, 0.2) is 12.4 Å². The molecule has 0 aliphatic carbocycles. The minimum Gasteiger partial charge on any atom is -0.457 e. The van der Waals surface area contributed by atoms with Crippen LogP contribution in [0.1, 0.15) is 15.9 Å². The lowest BCUT2D eigenvalue weighted by Gasteiger charge is -2.06. The second-order valence-electron chi connectivity index (χ2n) is 5.52. The second kappa shape index (κ2) is 7.77. The molecule has 0 aliphatic heterocycles. The van der Waals surface area contributed by atoms with Crippen LogP contribution in [0.5, 0.6) is 5.75 Å². The summed E-state index contributed by atoms with van der Waals surface area (Å²) in [6.45, 7) is -3.35. The van der Waals surface area contributed by atoms with Crippen molar-refractivity contribution in [1.82, 2.24) is 4.98 Å². The number of hydrogen-bond acceptors (Lipinski definition) is 4. The predicted molar refractivity (Wildman–Crippen MR) is 90.4 cm³/mol. The molecular formula is C19H15F2NO4. The fourth-order valence-corrected chi connectivity index (χ4v) is 2.54. The maximum Gasteiger partial charge on any atom is 0.387 e. The van der Waals surface area contributed by atoms with Gasteiger partial charge in [0.05, 0.1) is 6.42 Å². The first kappa shape index (κ1) is 17.6. The zero-order valence-corrected chi connectivity index (χ0v) is 13.6. The number of ketones is 1. The van der Waals surface area contributed by atoms with Crippen LogP contribution in [-0.4, -0.2) is 30.0 Å². The van der Waals surface area contributed by atoms with Gasteiger partial charge in [0.2, 0.25) is 0 Å². The van der Waals surface area contributed by atoms with E-state index in [1.165, 1.54) is 24.3 Å². The summed E-state index contributed by atoms with van der Waals surface area (Å²) < 4.78 is 33.4. The molecule has 0 fully saturated rings. The van der Waals surface area contributed by atoms with Crippen LogP contribution in [0.3, 0.4) is 0 Å². The monoisotopic (exact) mass is 359 g/mol. The van der Waals surface area contributed by atoms with E-state index < -0.39 is 25.0 Å². The van der Waals surface area contributed by atoms with Crippen LogP contribution in [0, 0.1) is 0 Å². The van der Waals surface area contributed by atoms with Crippen LogP contribution >= 0.6 is 0 Å². The lowest BCUT2D eigenvalue weighted by atomic mass is 10.1. The first-order valence-corrected chi connectivity index (χ1v) is 7.81. The molecule has 1 aromatic heterocycles. The normalized spacial score (nSPS) is 10.9. The van der Waals surface area contributed by atoms with Gasteiger partial charge in [0, 0.05) is 22.7 Å². The molecule has 0 bridgehead atoms. The van der Waals surface area contributed by atoms with E-state index in [4.69, 9.17) is 4.74 Å². The van der Waals surface area contributed by atoms with Crippen LogP contribution in [0.4, 0.5) is 8.78 Å². The summed E-state index contributed by atoms with van der Waals surface area (Å²) in [5.74, 6) is -1.01. The zero-order valence-electron chi connectivity index (χ0n) is 13.6. The van der Waals surface area contributed by atoms with Crippen molar-refractivity contribution in [3.63, 3.8) is 0 Å². The largest absolute Gasteiger partial charge is 0.457 e. The molecule has 1 N–H and O–H groups in total. The highest BCUT2D eigenvalue weighted by Crippen LogP contribution is 2.19. The standard InChI is InChI=1S/C19H15F2NO4/c20-19(21)26-14-7-5-12(6-8-14)17(23)11-25-18(24)9-13-10-22-16-4-2-1-3-15(13)16/h1-8,10,19,22H,9,11H2. The summed E-state index contributed by atoms with van der Waals surface area (Å²) in [4.78, 5) is 27.1. The molecule has 5 nitrogen and oxygen atoms in total. The van der Waals surface area contributed by atoms with Crippen LogP contribution < -0.4 is 4.74 Å². The lowest BCUT2D eigenvalue weighted by Crippen LogP contribution is -2.15. The minimum atomic E-state index is -2.93. The van der Waals surface area contributed by atoms with Gasteiger partial charge in [-0.15, -0.1) is 0 Å². The Morgan fingerprint density at radius 3 is 2.50 bits per heavy atom. The van der Waals surface area contributed by atoms with Crippen molar-refractivity contribution in [3.8, 4) is 5.75 Å². The van der Waals surface area contributed by atoms with Crippen LogP contribution in [-0.2, 0) is 16.0 Å². The molecule has 0 aliphatic rings. The van der Waals surface area contributed by atoms with Gasteiger partial charge in [-0.2, -0.15) is 8.78 Å². The van der Waals surface area contributed by atoms with Gasteiger partial charge in [-0.05, 0) is 35.9 Å². The molecule has 26 heavy (non-hydrogen) atoms. The Morgan fingerprint density at radius 1 is 1.04 bits per heavy atom. The number of carbonyl (C=O) groups excluding carboxylic acids is 2. The number of hydrogen-bond donors (Lipinski definition) is 1. The maximum atomic E-state index is 12.1. The lowest BCUT2D eigenvalue weighted by molar-refractivity contribution is -0.141. The average molecular weight is 359 g/mol. The van der Waals surface area contributed by atoms with Gasteiger partial charge in [-0.1, -0.05) is 18.2 Å². The van der Waals surface area contributed by atoms with Crippen molar-refractivity contribution in [2.75, 3.05) is 6.61 Å². The second-order valence-corrected chi connectivity index (χ2v) is 5.52. The van der Waals surface area contributed by atoms with Crippen LogP contribution in [0.15, 0.2) is 54.7 Å². The molecule has 0 saturated carbocycles. The molecule has 0 amide bonds. The Labute approximate surface area is 147 Å². The molecule has 134 valence electrons. The first-order valence-electron chi connectivity index (χ1n) is 7.81. The Bertz CT molecular complexity index is 919. The molecule has 0 saturated heterocycles. The fraction of sp³-hybridized carbons (Fsp3) is 0.158. The number of aromatic nitrogens is 1. The quantitative estimate of drug-likeness (QED) is 0.515. The van der Waals surface area contributed by atoms with Crippen molar-refractivity contribution < 1.29 is 27.8 Å². The van der Waals surface area contributed by atoms with Crippen molar-refractivity contribution in [1.29, 1.82) is 0 Å². The number of Topliss-reactive ketones (excluding diaryl/α,β-unsaturated/α-hetero) is 1. The van der Waals surface area contributed by atoms with Crippen molar-refractivity contribution in [2.45, 2.75) is 13.0 Å². The molecule has 0 spiro atoms. The number of esters is 1. The third-order valence-electron chi connectivity index (χ3n) is 3.78. The van der Waals surface area contributed by atoms with Gasteiger partial charge in [-0.25, -0.2) is 0 Å². The van der Waals surface area contributed by atoms with E-state index in [9.17, 15) is 18.4 Å². The Morgan fingerprint density at radius 2 is 1.77 bits per heavy atom. The van der Waals surface area contributed by atoms with E-state index in [-0.39, 0.29) is 17.7 Å². The zero-order chi connectivity index (χ0) is 18.5. The molecule has 0 unspecified atom stereocenters. The number of alkyl halides is 2. The number of nitrogens with one attached hydrogen (secondary N) is 1. The summed E-state index contributed by atoms with van der Waals surface area (Å²) in [7, 11) is 0. The predicted octanol–water partition coefficient (Wildman–Crippen LogP) is 3.74. The molecule has 7 heteroatoms. The fourth-order valence-electron chi connectivity index (χ4n) is 2.54. The number of para-hydroxylation sites is 1. The summed E-state index contributed by atoms with van der Waals surface area (Å²) in [6.07, 6.45) is 1.77. The van der Waals surface area contributed by atoms with Gasteiger partial charge in [0.25, 0.3) is 0 Å². The van der Waals surface area contributed by atoms with Crippen molar-refractivity contribution in [2.24, 2.45) is 0 Å². The highest BCUT2D eigenvalue weighted by atomic mass is 19.3. The third-order valence-corrected chi connectivity index (χ3v) is 3.78. The number of ether oxygens (including phenoxy) is 2. The third kappa shape index (κ3) is 4.24. The highest BCUT2D eigenvalue weighted by molar-refractivity contribution is 5.98. The number of halogens is 2. The molecule has 3 rings (SSSR count). The number of H-pyrrole nitrogens is 1. The van der Waals surface area contributed by atoms with E-state index in [0.29, 0.717) is 0 Å². The number of rotatable bonds is 7. The minimum absolute atomic E-state index is 0.0401. The molecule has 0 radical (unpaired) electrons. The number of benzene rings is 2. The Hall–Kier alpha value is -3.22. The van der Waals surface area contributed by atoms with Gasteiger partial charge in [-0.3, -0.25) is 9.59 Å². The van der Waals surface area contributed by atoms with E-state index in [1.807, 2.05) is 24.3 Å². The molecular weight excluding hydrogens is 344 g/mol. The van der Waals surface area contributed by atoms with Gasteiger partial charge >= 0.3 is 12.6 Å². The summed E-state index contributed by atoms with van der Waals surface area (Å²) in [6, 6.07) is 12.7. The van der Waals surface area contributed by atoms with E-state index in [2.05, 4.69) is 9.72 Å². The molecule has 3 aromatic rings. The molecule has 0 atom stereocenters. The van der Waals surface area contributed by atoms with Crippen LogP contribution in [0.2, 0.25) is 0 Å². The van der Waals surface area contributed by atoms with Crippen molar-refractivity contribution in [3.05, 3.63) is 65.9 Å². The summed E-state index contributed by atoms with van der Waals surface area (Å²) in [5.41, 5.74) is 1.94. The molecule has 1 heterocycles. The maximum absolute atomic E-state index is 12.1. The average Bonchev–Trinajstić information content (AvgIpc) is 3.03. The van der Waals surface area contributed by atoms with Gasteiger partial charge < -0.3 is 14.5 Å². The number of carbonyl (C=O) groups is 2. The molecule has 2 aromatic carbocycles. The summed E-state index contributed by atoms with van der Waals surface area (Å²) in [5, 5.41) is 0.922. The Balaban J connectivity index is 1.54. The topological polar surface area (TPSA) is 68.4 Å². The Kier molecular flexibility index (Phi) is 5.26. The number of fused-ring (bicyclic) bond motifs is 1. The van der Waals surface area contributed by atoms with E-state index in [1.54, 1.807) is 6.20 Å². The summed E-state index contributed by atoms with van der Waals surface area (Å²) >= 11 is 0. The SMILES string of the molecule is O=C(Cc1c[nH]c2ccccc12)OCC(=O)c1ccc(OC(F)F)cc1. The first-order chi connectivity index (χ1) is 12.5. The van der Waals surface area contributed by atoms with Crippen molar-refractivity contribution >= 4 is 22.7 Å². The highest BCUT2D eigenvalue weighted by Gasteiger charge is 2.13. The van der Waals surface area contributed by atoms with E-state index in [0.717, 1.165) is 16.5 Å². The van der Waals surface area contributed by atoms with E-state index >= 15 is 0 Å². The number of aromatic amines is 1. The smallest absolute Gasteiger partial charge is 0.387 e.